The first-order valence-electron chi connectivity index (χ1n) is 5.11. The number of carboxylic acid groups (broad SMARTS) is 1. The van der Waals surface area contributed by atoms with Crippen molar-refractivity contribution in [2.45, 2.75) is 51.7 Å². The predicted octanol–water partition coefficient (Wildman–Crippen LogP) is 2.01. The highest BCUT2D eigenvalue weighted by Gasteiger charge is 2.25. The van der Waals surface area contributed by atoms with E-state index in [2.05, 4.69) is 0 Å². The van der Waals surface area contributed by atoms with Crippen LogP contribution in [0.4, 0.5) is 13.6 Å². The van der Waals surface area contributed by atoms with Crippen LogP contribution in [-0.2, 0) is 9.53 Å². The number of carbonyl (C=O) groups is 2. The first-order chi connectivity index (χ1) is 7.61. The van der Waals surface area contributed by atoms with Crippen molar-refractivity contribution in [3.63, 3.8) is 0 Å². The van der Waals surface area contributed by atoms with Crippen molar-refractivity contribution >= 4 is 12.1 Å². The van der Waals surface area contributed by atoms with E-state index in [-0.39, 0.29) is 6.42 Å². The molecule has 0 aromatic heterocycles. The maximum Gasteiger partial charge on any atom is 0.408 e. The summed E-state index contributed by atoms with van der Waals surface area (Å²) in [7, 11) is 0. The van der Waals surface area contributed by atoms with Crippen LogP contribution in [0.1, 0.15) is 33.6 Å². The van der Waals surface area contributed by atoms with Crippen LogP contribution in [0.5, 0.6) is 0 Å². The molecule has 100 valence electrons. The molecule has 0 spiro atoms. The fourth-order valence-electron chi connectivity index (χ4n) is 0.999. The van der Waals surface area contributed by atoms with Crippen molar-refractivity contribution in [1.82, 2.24) is 5.32 Å². The van der Waals surface area contributed by atoms with Crippen LogP contribution >= 0.6 is 0 Å². The van der Waals surface area contributed by atoms with Gasteiger partial charge in [-0.25, -0.2) is 13.6 Å². The maximum atomic E-state index is 12.5. The molecule has 0 radical (unpaired) electrons. The van der Waals surface area contributed by atoms with Crippen molar-refractivity contribution < 1.29 is 28.2 Å². The predicted molar refractivity (Wildman–Crippen MR) is 56.0 cm³/mol. The van der Waals surface area contributed by atoms with Gasteiger partial charge in [-0.15, -0.1) is 0 Å². The number of alkyl halides is 2. The molecule has 0 aliphatic rings. The minimum Gasteiger partial charge on any atom is -0.481 e. The quantitative estimate of drug-likeness (QED) is 0.785. The third-order valence-electron chi connectivity index (χ3n) is 1.68. The van der Waals surface area contributed by atoms with Crippen molar-refractivity contribution in [3.8, 4) is 0 Å². The molecule has 0 bridgehead atoms. The molecule has 2 N–H and O–H groups in total. The summed E-state index contributed by atoms with van der Waals surface area (Å²) in [6.45, 7) is 4.80. The molecule has 0 saturated carbocycles. The number of nitrogens with one attached hydrogen (secondary N) is 1. The summed E-state index contributed by atoms with van der Waals surface area (Å²) in [6.07, 6.45) is -4.59. The van der Waals surface area contributed by atoms with Gasteiger partial charge in [-0.3, -0.25) is 4.79 Å². The molecule has 0 rings (SSSR count). The number of hydrogen-bond donors (Lipinski definition) is 2. The Kier molecular flexibility index (Phi) is 5.84. The van der Waals surface area contributed by atoms with Crippen LogP contribution < -0.4 is 5.32 Å². The summed E-state index contributed by atoms with van der Waals surface area (Å²) >= 11 is 0. The zero-order chi connectivity index (χ0) is 13.6. The number of alkyl carbamates (subject to hydrolysis) is 1. The van der Waals surface area contributed by atoms with Crippen LogP contribution in [-0.4, -0.2) is 35.2 Å². The van der Waals surface area contributed by atoms with Crippen molar-refractivity contribution in [1.29, 1.82) is 0 Å². The molecule has 0 fully saturated rings. The average Bonchev–Trinajstić information content (AvgIpc) is 2.08. The van der Waals surface area contributed by atoms with Crippen molar-refractivity contribution in [3.05, 3.63) is 0 Å². The first-order valence-corrected chi connectivity index (χ1v) is 5.11. The lowest BCUT2D eigenvalue weighted by Gasteiger charge is -2.23. The second-order valence-corrected chi connectivity index (χ2v) is 4.52. The van der Waals surface area contributed by atoms with Crippen LogP contribution in [0.3, 0.4) is 0 Å². The minimum absolute atomic E-state index is 0.341. The molecular weight excluding hydrogens is 236 g/mol. The fraction of sp³-hybridized carbons (Fsp3) is 0.800. The lowest BCUT2D eigenvalue weighted by molar-refractivity contribution is -0.137. The normalized spacial score (nSPS) is 13.3. The third kappa shape index (κ3) is 8.41. The van der Waals surface area contributed by atoms with Gasteiger partial charge in [0.2, 0.25) is 0 Å². The molecule has 0 aliphatic heterocycles. The van der Waals surface area contributed by atoms with Crippen LogP contribution in [0.2, 0.25) is 0 Å². The third-order valence-corrected chi connectivity index (χ3v) is 1.68. The highest BCUT2D eigenvalue weighted by atomic mass is 19.3. The molecule has 5 nitrogen and oxygen atoms in total. The molecule has 0 unspecified atom stereocenters. The van der Waals surface area contributed by atoms with Gasteiger partial charge in [0, 0.05) is 6.42 Å². The highest BCUT2D eigenvalue weighted by molar-refractivity contribution is 5.69. The van der Waals surface area contributed by atoms with Crippen LogP contribution in [0, 0.1) is 0 Å². The van der Waals surface area contributed by atoms with Gasteiger partial charge in [0.25, 0.3) is 6.43 Å². The largest absolute Gasteiger partial charge is 0.481 e. The number of halogens is 2. The lowest BCUT2D eigenvalue weighted by Crippen LogP contribution is -2.43. The van der Waals surface area contributed by atoms with E-state index in [0.29, 0.717) is 0 Å². The SMILES string of the molecule is CC(C)(C)OC(=O)N[C@@H](CCC(=O)O)C(F)F. The number of carbonyl (C=O) groups excluding carboxylic acids is 1. The highest BCUT2D eigenvalue weighted by Crippen LogP contribution is 2.11. The number of carboxylic acids is 1. The smallest absolute Gasteiger partial charge is 0.408 e. The van der Waals surface area contributed by atoms with E-state index in [1.165, 1.54) is 0 Å². The first kappa shape index (κ1) is 15.6. The number of hydrogen-bond acceptors (Lipinski definition) is 3. The number of aliphatic carboxylic acids is 1. The molecule has 0 aromatic rings. The molecule has 17 heavy (non-hydrogen) atoms. The van der Waals surface area contributed by atoms with Gasteiger partial charge in [-0.05, 0) is 27.2 Å². The molecule has 0 aliphatic carbocycles. The van der Waals surface area contributed by atoms with E-state index < -0.39 is 36.6 Å². The summed E-state index contributed by atoms with van der Waals surface area (Å²) < 4.78 is 29.8. The van der Waals surface area contributed by atoms with Crippen LogP contribution in [0.15, 0.2) is 0 Å². The molecule has 1 atom stereocenters. The van der Waals surface area contributed by atoms with E-state index >= 15 is 0 Å². The van der Waals surface area contributed by atoms with Crippen molar-refractivity contribution in [2.24, 2.45) is 0 Å². The average molecular weight is 253 g/mol. The molecule has 1 amide bonds. The molecular formula is C10H17F2NO4. The summed E-state index contributed by atoms with van der Waals surface area (Å²) in [5.41, 5.74) is -0.788. The van der Waals surface area contributed by atoms with Crippen LogP contribution in [0.25, 0.3) is 0 Å². The maximum absolute atomic E-state index is 12.5. The topological polar surface area (TPSA) is 75.6 Å². The zero-order valence-corrected chi connectivity index (χ0v) is 10.00. The fourth-order valence-corrected chi connectivity index (χ4v) is 0.999. The molecule has 7 heteroatoms. The Balaban J connectivity index is 4.25. The Labute approximate surface area is 98.1 Å². The van der Waals surface area contributed by atoms with E-state index in [0.717, 1.165) is 0 Å². The Hall–Kier alpha value is -1.40. The van der Waals surface area contributed by atoms with E-state index in [9.17, 15) is 18.4 Å². The van der Waals surface area contributed by atoms with Crippen molar-refractivity contribution in [2.75, 3.05) is 0 Å². The van der Waals surface area contributed by atoms with E-state index in [4.69, 9.17) is 9.84 Å². The summed E-state index contributed by atoms with van der Waals surface area (Å²) in [4.78, 5) is 21.5. The number of amides is 1. The molecule has 0 heterocycles. The Morgan fingerprint density at radius 1 is 1.35 bits per heavy atom. The Morgan fingerprint density at radius 3 is 2.24 bits per heavy atom. The van der Waals surface area contributed by atoms with E-state index in [1.54, 1.807) is 20.8 Å². The van der Waals surface area contributed by atoms with Gasteiger partial charge in [0.1, 0.15) is 5.60 Å². The molecule has 0 saturated heterocycles. The van der Waals surface area contributed by atoms with Gasteiger partial charge in [-0.1, -0.05) is 0 Å². The number of ether oxygens (including phenoxy) is 1. The Morgan fingerprint density at radius 2 is 1.88 bits per heavy atom. The monoisotopic (exact) mass is 253 g/mol. The second kappa shape index (κ2) is 6.36. The summed E-state index contributed by atoms with van der Waals surface area (Å²) in [5, 5.41) is 10.3. The van der Waals surface area contributed by atoms with Gasteiger partial charge in [-0.2, -0.15) is 0 Å². The molecule has 0 aromatic carbocycles. The van der Waals surface area contributed by atoms with Gasteiger partial charge in [0.05, 0.1) is 6.04 Å². The number of rotatable bonds is 5. The second-order valence-electron chi connectivity index (χ2n) is 4.52. The van der Waals surface area contributed by atoms with Gasteiger partial charge >= 0.3 is 12.1 Å². The van der Waals surface area contributed by atoms with Gasteiger partial charge < -0.3 is 15.2 Å². The Bertz CT molecular complexity index is 276. The van der Waals surface area contributed by atoms with Gasteiger partial charge in [0.15, 0.2) is 0 Å². The summed E-state index contributed by atoms with van der Waals surface area (Å²) in [5.74, 6) is -1.19. The summed E-state index contributed by atoms with van der Waals surface area (Å²) in [6, 6.07) is -1.51. The lowest BCUT2D eigenvalue weighted by atomic mass is 10.1. The van der Waals surface area contributed by atoms with E-state index in [1.807, 2.05) is 5.32 Å². The minimum atomic E-state index is -2.83. The standard InChI is InChI=1S/C10H17F2NO4/c1-10(2,3)17-9(16)13-6(8(11)12)4-5-7(14)15/h6,8H,4-5H2,1-3H3,(H,13,16)(H,14,15)/t6-/m0/s1. The zero-order valence-electron chi connectivity index (χ0n) is 10.00.